The van der Waals surface area contributed by atoms with Gasteiger partial charge in [0.25, 0.3) is 5.89 Å². The molecule has 0 radical (unpaired) electrons. The number of anilines is 1. The van der Waals surface area contributed by atoms with Crippen LogP contribution in [0.4, 0.5) is 5.69 Å². The summed E-state index contributed by atoms with van der Waals surface area (Å²) in [5, 5.41) is 6.73. The fourth-order valence-corrected chi connectivity index (χ4v) is 3.26. The van der Waals surface area contributed by atoms with Crippen LogP contribution < -0.4 is 16.4 Å². The second kappa shape index (κ2) is 7.78. The molecule has 0 aliphatic carbocycles. The summed E-state index contributed by atoms with van der Waals surface area (Å²) in [7, 11) is 0. The fraction of sp³-hybridized carbons (Fsp3) is 0.190. The van der Waals surface area contributed by atoms with Crippen molar-refractivity contribution < 1.29 is 9.32 Å². The van der Waals surface area contributed by atoms with Crippen LogP contribution in [-0.2, 0) is 11.3 Å². The van der Waals surface area contributed by atoms with Crippen LogP contribution in [0.3, 0.4) is 0 Å². The highest BCUT2D eigenvalue weighted by molar-refractivity contribution is 5.89. The molecule has 4 aromatic rings. The predicted octanol–water partition coefficient (Wildman–Crippen LogP) is 2.78. The number of H-pyrrole nitrogens is 1. The van der Waals surface area contributed by atoms with Gasteiger partial charge in [0.05, 0.1) is 11.0 Å². The monoisotopic (exact) mass is 405 g/mol. The second-order valence-corrected chi connectivity index (χ2v) is 6.83. The Labute approximate surface area is 170 Å². The molecule has 2 heterocycles. The fourth-order valence-electron chi connectivity index (χ4n) is 3.26. The molecule has 9 heteroatoms. The van der Waals surface area contributed by atoms with E-state index in [1.54, 1.807) is 42.5 Å². The van der Waals surface area contributed by atoms with Gasteiger partial charge in [-0.3, -0.25) is 14.4 Å². The van der Waals surface area contributed by atoms with Gasteiger partial charge in [-0.1, -0.05) is 18.1 Å². The molecule has 0 saturated heterocycles. The molecule has 0 atom stereocenters. The van der Waals surface area contributed by atoms with E-state index in [0.717, 1.165) is 6.42 Å². The van der Waals surface area contributed by atoms with Crippen molar-refractivity contribution in [3.8, 4) is 22.8 Å². The van der Waals surface area contributed by atoms with E-state index in [1.165, 1.54) is 11.5 Å². The van der Waals surface area contributed by atoms with Crippen LogP contribution in [0.15, 0.2) is 56.6 Å². The molecule has 9 nitrogen and oxygen atoms in total. The third-order valence-corrected chi connectivity index (χ3v) is 4.54. The van der Waals surface area contributed by atoms with Gasteiger partial charge in [-0.05, 0) is 42.8 Å². The van der Waals surface area contributed by atoms with E-state index >= 15 is 0 Å². The Morgan fingerprint density at radius 3 is 2.77 bits per heavy atom. The number of nitrogens with one attached hydrogen (secondary N) is 2. The van der Waals surface area contributed by atoms with E-state index in [2.05, 4.69) is 20.4 Å². The molecule has 2 aromatic heterocycles. The summed E-state index contributed by atoms with van der Waals surface area (Å²) >= 11 is 0. The molecular formula is C21H19N5O4. The molecule has 0 aliphatic heterocycles. The minimum Gasteiger partial charge on any atom is -0.334 e. The zero-order valence-electron chi connectivity index (χ0n) is 16.4. The van der Waals surface area contributed by atoms with Crippen molar-refractivity contribution in [1.29, 1.82) is 0 Å². The molecule has 30 heavy (non-hydrogen) atoms. The Morgan fingerprint density at radius 1 is 1.17 bits per heavy atom. The van der Waals surface area contributed by atoms with Crippen LogP contribution >= 0.6 is 0 Å². The zero-order valence-corrected chi connectivity index (χ0v) is 16.4. The molecule has 2 N–H and O–H groups in total. The molecule has 0 aliphatic rings. The maximum Gasteiger partial charge on any atom is 0.316 e. The van der Waals surface area contributed by atoms with Gasteiger partial charge in [0.1, 0.15) is 0 Å². The number of carbonyl (C=O) groups excluding carboxylic acids is 1. The average Bonchev–Trinajstić information content (AvgIpc) is 3.21. The van der Waals surface area contributed by atoms with Gasteiger partial charge >= 0.3 is 11.1 Å². The summed E-state index contributed by atoms with van der Waals surface area (Å²) in [6, 6.07) is 12.3. The van der Waals surface area contributed by atoms with Crippen LogP contribution in [0.1, 0.15) is 20.3 Å². The highest BCUT2D eigenvalue weighted by Gasteiger charge is 2.14. The summed E-state index contributed by atoms with van der Waals surface area (Å²) in [4.78, 5) is 42.4. The van der Waals surface area contributed by atoms with E-state index in [1.807, 2.05) is 6.92 Å². The van der Waals surface area contributed by atoms with Crippen LogP contribution in [0.2, 0.25) is 0 Å². The molecular weight excluding hydrogens is 386 g/mol. The Balaban J connectivity index is 1.73. The van der Waals surface area contributed by atoms with E-state index in [9.17, 15) is 14.4 Å². The summed E-state index contributed by atoms with van der Waals surface area (Å²) in [6.07, 6.45) is 0.728. The number of benzene rings is 2. The Bertz CT molecular complexity index is 1370. The van der Waals surface area contributed by atoms with Gasteiger partial charge < -0.3 is 19.4 Å². The molecule has 4 rings (SSSR count). The smallest absolute Gasteiger partial charge is 0.316 e. The van der Waals surface area contributed by atoms with E-state index in [-0.39, 0.29) is 5.91 Å². The molecule has 152 valence electrons. The lowest BCUT2D eigenvalue weighted by Crippen LogP contribution is -2.36. The van der Waals surface area contributed by atoms with Gasteiger partial charge in [-0.25, -0.2) is 0 Å². The number of aromatic nitrogens is 4. The zero-order chi connectivity index (χ0) is 21.3. The number of nitrogens with zero attached hydrogens (tertiary/aromatic N) is 3. The number of hydrogen-bond acceptors (Lipinski definition) is 6. The van der Waals surface area contributed by atoms with E-state index < -0.39 is 11.1 Å². The first-order valence-corrected chi connectivity index (χ1v) is 9.45. The Morgan fingerprint density at radius 2 is 2.00 bits per heavy atom. The van der Waals surface area contributed by atoms with Gasteiger partial charge in [-0.2, -0.15) is 4.98 Å². The molecule has 0 spiro atoms. The lowest BCUT2D eigenvalue weighted by atomic mass is 10.1. The number of amides is 1. The lowest BCUT2D eigenvalue weighted by molar-refractivity contribution is -0.114. The van der Waals surface area contributed by atoms with Crippen LogP contribution in [0.5, 0.6) is 0 Å². The molecule has 0 unspecified atom stereocenters. The number of rotatable bonds is 5. The Hall–Kier alpha value is -4.01. The highest BCUT2D eigenvalue weighted by atomic mass is 16.5. The van der Waals surface area contributed by atoms with Gasteiger partial charge in [0, 0.05) is 30.3 Å². The van der Waals surface area contributed by atoms with E-state index in [0.29, 0.717) is 46.1 Å². The summed E-state index contributed by atoms with van der Waals surface area (Å²) in [5.41, 5.74) is 1.83. The summed E-state index contributed by atoms with van der Waals surface area (Å²) in [6.45, 7) is 3.83. The number of aromatic amines is 1. The number of aryl methyl sites for hydroxylation is 1. The maximum atomic E-state index is 12.1. The maximum absolute atomic E-state index is 12.1. The van der Waals surface area contributed by atoms with Crippen molar-refractivity contribution in [2.45, 2.75) is 26.8 Å². The molecule has 0 fully saturated rings. The molecule has 0 bridgehead atoms. The highest BCUT2D eigenvalue weighted by Crippen LogP contribution is 2.25. The van der Waals surface area contributed by atoms with Gasteiger partial charge in [-0.15, -0.1) is 0 Å². The van der Waals surface area contributed by atoms with Crippen molar-refractivity contribution in [3.05, 3.63) is 63.2 Å². The summed E-state index contributed by atoms with van der Waals surface area (Å²) in [5.74, 6) is 0.456. The van der Waals surface area contributed by atoms with Crippen molar-refractivity contribution in [2.24, 2.45) is 0 Å². The first-order valence-electron chi connectivity index (χ1n) is 9.45. The molecule has 1 amide bonds. The number of hydrogen-bond donors (Lipinski definition) is 2. The van der Waals surface area contributed by atoms with Crippen molar-refractivity contribution in [3.63, 3.8) is 0 Å². The predicted molar refractivity (Wildman–Crippen MR) is 112 cm³/mol. The first-order chi connectivity index (χ1) is 14.5. The third-order valence-electron chi connectivity index (χ3n) is 4.54. The van der Waals surface area contributed by atoms with Crippen molar-refractivity contribution in [2.75, 3.05) is 5.32 Å². The number of carbonyl (C=O) groups is 1. The normalized spacial score (nSPS) is 11.0. The standard InChI is InChI=1S/C21H19N5O4/c1-3-9-26-17-8-7-13(11-16(17)23-19(28)21(26)29)18-24-20(30-25-18)14-5-4-6-15(10-14)22-12(2)27/h4-8,10-11H,3,9H2,1-2H3,(H,22,27)(H,23,28). The van der Waals surface area contributed by atoms with Crippen molar-refractivity contribution in [1.82, 2.24) is 19.7 Å². The second-order valence-electron chi connectivity index (χ2n) is 6.83. The Kier molecular flexibility index (Phi) is 5.01. The quantitative estimate of drug-likeness (QED) is 0.492. The average molecular weight is 405 g/mol. The third kappa shape index (κ3) is 3.64. The first kappa shape index (κ1) is 19.3. The van der Waals surface area contributed by atoms with Crippen molar-refractivity contribution >= 4 is 22.6 Å². The minimum atomic E-state index is -0.670. The van der Waals surface area contributed by atoms with Crippen LogP contribution in [-0.4, -0.2) is 25.6 Å². The lowest BCUT2D eigenvalue weighted by Gasteiger charge is -2.08. The molecule has 2 aromatic carbocycles. The van der Waals surface area contributed by atoms with Crippen LogP contribution in [0, 0.1) is 0 Å². The van der Waals surface area contributed by atoms with Crippen LogP contribution in [0.25, 0.3) is 33.9 Å². The SMILES string of the molecule is CCCn1c(=O)c(=O)[nH]c2cc(-c3noc(-c4cccc(NC(C)=O)c4)n3)ccc21. The molecule has 0 saturated carbocycles. The minimum absolute atomic E-state index is 0.176. The largest absolute Gasteiger partial charge is 0.334 e. The van der Waals surface area contributed by atoms with Gasteiger partial charge in [0.15, 0.2) is 0 Å². The number of fused-ring (bicyclic) bond motifs is 1. The van der Waals surface area contributed by atoms with E-state index in [4.69, 9.17) is 4.52 Å². The topological polar surface area (TPSA) is 123 Å². The summed E-state index contributed by atoms with van der Waals surface area (Å²) < 4.78 is 6.85. The van der Waals surface area contributed by atoms with Gasteiger partial charge in [0.2, 0.25) is 11.7 Å².